The predicted octanol–water partition coefficient (Wildman–Crippen LogP) is 4.72. The van der Waals surface area contributed by atoms with E-state index < -0.39 is 4.92 Å². The summed E-state index contributed by atoms with van der Waals surface area (Å²) in [7, 11) is 0. The quantitative estimate of drug-likeness (QED) is 0.524. The van der Waals surface area contributed by atoms with E-state index in [1.165, 1.54) is 11.6 Å². The molecule has 27 heavy (non-hydrogen) atoms. The molecule has 0 aliphatic carbocycles. The van der Waals surface area contributed by atoms with Gasteiger partial charge in [0.1, 0.15) is 5.82 Å². The fourth-order valence-electron chi connectivity index (χ4n) is 3.62. The SMILES string of the molecule is O=[N+]([O-])c1ccc2nc(NC[C@H]3CCCO[C@@H]3c3ccccc3)ccc2c1. The number of ether oxygens (including phenoxy) is 1. The molecule has 6 nitrogen and oxygen atoms in total. The van der Waals surface area contributed by atoms with Gasteiger partial charge in [-0.05, 0) is 36.6 Å². The molecule has 3 aromatic rings. The minimum Gasteiger partial charge on any atom is -0.373 e. The molecule has 4 rings (SSSR count). The molecule has 0 radical (unpaired) electrons. The van der Waals surface area contributed by atoms with Gasteiger partial charge in [-0.1, -0.05) is 30.3 Å². The van der Waals surface area contributed by atoms with E-state index in [9.17, 15) is 10.1 Å². The number of rotatable bonds is 5. The van der Waals surface area contributed by atoms with Crippen molar-refractivity contribution < 1.29 is 9.66 Å². The molecule has 138 valence electrons. The third-order valence-corrected chi connectivity index (χ3v) is 5.00. The normalized spacial score (nSPS) is 19.7. The number of anilines is 1. The number of nitro groups is 1. The van der Waals surface area contributed by atoms with Crippen LogP contribution >= 0.6 is 0 Å². The molecule has 2 atom stereocenters. The number of hydrogen-bond acceptors (Lipinski definition) is 5. The lowest BCUT2D eigenvalue weighted by Crippen LogP contribution is -2.28. The first-order chi connectivity index (χ1) is 13.2. The second-order valence-electron chi connectivity index (χ2n) is 6.82. The Kier molecular flexibility index (Phi) is 4.98. The maximum Gasteiger partial charge on any atom is 0.270 e. The van der Waals surface area contributed by atoms with Crippen LogP contribution in [0.5, 0.6) is 0 Å². The van der Waals surface area contributed by atoms with E-state index in [0.717, 1.165) is 42.7 Å². The Bertz CT molecular complexity index is 946. The Balaban J connectivity index is 1.48. The molecule has 0 unspecified atom stereocenters. The van der Waals surface area contributed by atoms with Gasteiger partial charge >= 0.3 is 0 Å². The second-order valence-corrected chi connectivity index (χ2v) is 6.82. The van der Waals surface area contributed by atoms with Crippen LogP contribution in [0.25, 0.3) is 10.9 Å². The Morgan fingerprint density at radius 3 is 2.81 bits per heavy atom. The summed E-state index contributed by atoms with van der Waals surface area (Å²) in [5.74, 6) is 1.14. The van der Waals surface area contributed by atoms with Crippen molar-refractivity contribution >= 4 is 22.4 Å². The summed E-state index contributed by atoms with van der Waals surface area (Å²) in [5, 5.41) is 15.1. The largest absolute Gasteiger partial charge is 0.373 e. The van der Waals surface area contributed by atoms with Gasteiger partial charge in [0, 0.05) is 36.6 Å². The third kappa shape index (κ3) is 3.90. The number of hydrogen-bond donors (Lipinski definition) is 1. The van der Waals surface area contributed by atoms with E-state index >= 15 is 0 Å². The lowest BCUT2D eigenvalue weighted by Gasteiger charge is -2.32. The van der Waals surface area contributed by atoms with Gasteiger partial charge in [0.25, 0.3) is 5.69 Å². The molecular weight excluding hydrogens is 342 g/mol. The molecule has 2 aromatic carbocycles. The van der Waals surface area contributed by atoms with Gasteiger partial charge in [0.2, 0.25) is 0 Å². The molecule has 0 spiro atoms. The average molecular weight is 363 g/mol. The standard InChI is InChI=1S/C21H21N3O3/c25-24(26)18-9-10-19-16(13-18)8-11-20(23-19)22-14-17-7-4-12-27-21(17)15-5-2-1-3-6-15/h1-3,5-6,8-11,13,17,21H,4,7,12,14H2,(H,22,23)/t17-,21-/m1/s1. The Labute approximate surface area is 157 Å². The Morgan fingerprint density at radius 1 is 1.15 bits per heavy atom. The van der Waals surface area contributed by atoms with Crippen LogP contribution in [0.2, 0.25) is 0 Å². The van der Waals surface area contributed by atoms with E-state index in [0.29, 0.717) is 5.92 Å². The second kappa shape index (κ2) is 7.72. The van der Waals surface area contributed by atoms with Crippen molar-refractivity contribution in [1.29, 1.82) is 0 Å². The molecular formula is C21H21N3O3. The molecule has 1 N–H and O–H groups in total. The van der Waals surface area contributed by atoms with Crippen LogP contribution in [0, 0.1) is 16.0 Å². The van der Waals surface area contributed by atoms with Crippen molar-refractivity contribution in [1.82, 2.24) is 4.98 Å². The number of aromatic nitrogens is 1. The zero-order valence-electron chi connectivity index (χ0n) is 14.9. The molecule has 0 saturated carbocycles. The number of non-ortho nitro benzene ring substituents is 1. The summed E-state index contributed by atoms with van der Waals surface area (Å²) in [5.41, 5.74) is 2.03. The van der Waals surface area contributed by atoms with Gasteiger partial charge < -0.3 is 10.1 Å². The van der Waals surface area contributed by atoms with Gasteiger partial charge in [0.05, 0.1) is 16.5 Å². The molecule has 6 heteroatoms. The lowest BCUT2D eigenvalue weighted by molar-refractivity contribution is -0.384. The molecule has 1 fully saturated rings. The highest BCUT2D eigenvalue weighted by Crippen LogP contribution is 2.33. The van der Waals surface area contributed by atoms with Gasteiger partial charge in [-0.15, -0.1) is 0 Å². The van der Waals surface area contributed by atoms with Crippen LogP contribution in [0.15, 0.2) is 60.7 Å². The smallest absolute Gasteiger partial charge is 0.270 e. The predicted molar refractivity (Wildman–Crippen MR) is 105 cm³/mol. The van der Waals surface area contributed by atoms with Crippen LogP contribution < -0.4 is 5.32 Å². The van der Waals surface area contributed by atoms with E-state index in [1.54, 1.807) is 12.1 Å². The van der Waals surface area contributed by atoms with Crippen LogP contribution in [0.4, 0.5) is 11.5 Å². The van der Waals surface area contributed by atoms with E-state index in [4.69, 9.17) is 4.74 Å². The van der Waals surface area contributed by atoms with E-state index in [2.05, 4.69) is 22.4 Å². The summed E-state index contributed by atoms with van der Waals surface area (Å²) in [4.78, 5) is 15.1. The Morgan fingerprint density at radius 2 is 2.00 bits per heavy atom. The van der Waals surface area contributed by atoms with Gasteiger partial charge in [-0.25, -0.2) is 4.98 Å². The topological polar surface area (TPSA) is 77.3 Å². The first-order valence-corrected chi connectivity index (χ1v) is 9.16. The minimum absolute atomic E-state index is 0.0788. The molecule has 2 heterocycles. The highest BCUT2D eigenvalue weighted by molar-refractivity contribution is 5.82. The number of pyridine rings is 1. The summed E-state index contributed by atoms with van der Waals surface area (Å²) in [6.45, 7) is 1.56. The van der Waals surface area contributed by atoms with Crippen molar-refractivity contribution in [3.63, 3.8) is 0 Å². The maximum absolute atomic E-state index is 10.9. The summed E-state index contributed by atoms with van der Waals surface area (Å²) < 4.78 is 6.05. The zero-order valence-corrected chi connectivity index (χ0v) is 14.9. The lowest BCUT2D eigenvalue weighted by atomic mass is 9.89. The van der Waals surface area contributed by atoms with Gasteiger partial charge in [-0.3, -0.25) is 10.1 Å². The van der Waals surface area contributed by atoms with Gasteiger partial charge in [0.15, 0.2) is 0 Å². The monoisotopic (exact) mass is 363 g/mol. The van der Waals surface area contributed by atoms with Crippen molar-refractivity contribution in [2.24, 2.45) is 5.92 Å². The van der Waals surface area contributed by atoms with Crippen molar-refractivity contribution in [3.8, 4) is 0 Å². The highest BCUT2D eigenvalue weighted by atomic mass is 16.6. The van der Waals surface area contributed by atoms with Crippen LogP contribution in [-0.2, 0) is 4.74 Å². The number of nitrogens with zero attached hydrogens (tertiary/aromatic N) is 2. The molecule has 0 amide bonds. The highest BCUT2D eigenvalue weighted by Gasteiger charge is 2.27. The van der Waals surface area contributed by atoms with Crippen molar-refractivity contribution in [3.05, 3.63) is 76.3 Å². The molecule has 1 saturated heterocycles. The van der Waals surface area contributed by atoms with Gasteiger partial charge in [-0.2, -0.15) is 0 Å². The first-order valence-electron chi connectivity index (χ1n) is 9.16. The number of benzene rings is 2. The summed E-state index contributed by atoms with van der Waals surface area (Å²) >= 11 is 0. The van der Waals surface area contributed by atoms with Crippen LogP contribution in [0.3, 0.4) is 0 Å². The minimum atomic E-state index is -0.390. The summed E-state index contributed by atoms with van der Waals surface area (Å²) in [6.07, 6.45) is 2.26. The first kappa shape index (κ1) is 17.4. The summed E-state index contributed by atoms with van der Waals surface area (Å²) in [6, 6.07) is 18.8. The number of nitrogens with one attached hydrogen (secondary N) is 1. The number of fused-ring (bicyclic) bond motifs is 1. The van der Waals surface area contributed by atoms with Crippen molar-refractivity contribution in [2.75, 3.05) is 18.5 Å². The van der Waals surface area contributed by atoms with Crippen molar-refractivity contribution in [2.45, 2.75) is 18.9 Å². The van der Waals surface area contributed by atoms with Crippen LogP contribution in [-0.4, -0.2) is 23.1 Å². The molecule has 1 aliphatic heterocycles. The van der Waals surface area contributed by atoms with E-state index in [-0.39, 0.29) is 11.8 Å². The maximum atomic E-state index is 10.9. The fourth-order valence-corrected chi connectivity index (χ4v) is 3.62. The number of nitro benzene ring substituents is 1. The fraction of sp³-hybridized carbons (Fsp3) is 0.286. The third-order valence-electron chi connectivity index (χ3n) is 5.00. The molecule has 0 bridgehead atoms. The molecule has 1 aromatic heterocycles. The Hall–Kier alpha value is -2.99. The molecule has 1 aliphatic rings. The zero-order chi connectivity index (χ0) is 18.6. The van der Waals surface area contributed by atoms with Crippen LogP contribution in [0.1, 0.15) is 24.5 Å². The average Bonchev–Trinajstić information content (AvgIpc) is 2.72. The van der Waals surface area contributed by atoms with E-state index in [1.807, 2.05) is 30.3 Å².